The number of hydrogen-bond acceptors (Lipinski definition) is 3. The zero-order chi connectivity index (χ0) is 9.10. The van der Waals surface area contributed by atoms with Gasteiger partial charge in [-0.15, -0.1) is 0 Å². The van der Waals surface area contributed by atoms with Crippen LogP contribution in [0.5, 0.6) is 0 Å². The van der Waals surface area contributed by atoms with Crippen LogP contribution in [0.15, 0.2) is 24.5 Å². The lowest BCUT2D eigenvalue weighted by atomic mass is 9.95. The zero-order valence-electron chi connectivity index (χ0n) is 7.61. The molecule has 0 saturated carbocycles. The molecule has 2 rings (SSSR count). The number of rotatable bonds is 2. The van der Waals surface area contributed by atoms with Crippen LogP contribution in [0.2, 0.25) is 0 Å². The average Bonchev–Trinajstić information content (AvgIpc) is 2.67. The summed E-state index contributed by atoms with van der Waals surface area (Å²) in [5.74, 6) is 0.586. The minimum Gasteiger partial charge on any atom is -0.330 e. The molecule has 0 aromatic carbocycles. The largest absolute Gasteiger partial charge is 0.330 e. The molecular weight excluding hydrogens is 162 g/mol. The fourth-order valence-electron chi connectivity index (χ4n) is 1.97. The van der Waals surface area contributed by atoms with Crippen molar-refractivity contribution in [2.45, 2.75) is 12.5 Å². The standard InChI is InChI=1S/C10H15N3/c11-7-9-3-6-13-10(9)8-1-4-12-5-2-8/h1-2,4-5,9-10,13H,3,6-7,11H2. The van der Waals surface area contributed by atoms with E-state index >= 15 is 0 Å². The van der Waals surface area contributed by atoms with Crippen LogP contribution in [0.25, 0.3) is 0 Å². The predicted octanol–water partition coefficient (Wildman–Crippen LogP) is 0.691. The van der Waals surface area contributed by atoms with E-state index in [1.807, 2.05) is 12.4 Å². The second-order valence-corrected chi connectivity index (χ2v) is 3.50. The second-order valence-electron chi connectivity index (χ2n) is 3.50. The molecule has 13 heavy (non-hydrogen) atoms. The summed E-state index contributed by atoms with van der Waals surface area (Å²) < 4.78 is 0. The fourth-order valence-corrected chi connectivity index (χ4v) is 1.97. The maximum Gasteiger partial charge on any atom is 0.0362 e. The van der Waals surface area contributed by atoms with Gasteiger partial charge in [-0.3, -0.25) is 4.98 Å². The number of hydrogen-bond donors (Lipinski definition) is 2. The molecule has 1 aliphatic heterocycles. The summed E-state index contributed by atoms with van der Waals surface area (Å²) in [5.41, 5.74) is 7.01. The molecule has 0 amide bonds. The maximum atomic E-state index is 5.71. The van der Waals surface area contributed by atoms with E-state index in [-0.39, 0.29) is 0 Å². The van der Waals surface area contributed by atoms with Crippen molar-refractivity contribution in [3.05, 3.63) is 30.1 Å². The Morgan fingerprint density at radius 1 is 1.46 bits per heavy atom. The highest BCUT2D eigenvalue weighted by molar-refractivity contribution is 5.17. The number of aromatic nitrogens is 1. The van der Waals surface area contributed by atoms with E-state index in [0.29, 0.717) is 12.0 Å². The van der Waals surface area contributed by atoms with Crippen LogP contribution in [0, 0.1) is 5.92 Å². The Balaban J connectivity index is 2.16. The molecular formula is C10H15N3. The van der Waals surface area contributed by atoms with Gasteiger partial charge in [0.15, 0.2) is 0 Å². The van der Waals surface area contributed by atoms with Gasteiger partial charge in [-0.1, -0.05) is 0 Å². The molecule has 2 atom stereocenters. The van der Waals surface area contributed by atoms with Crippen molar-refractivity contribution in [2.24, 2.45) is 11.7 Å². The molecule has 0 radical (unpaired) electrons. The lowest BCUT2D eigenvalue weighted by Gasteiger charge is -2.17. The molecule has 1 aromatic rings. The van der Waals surface area contributed by atoms with E-state index in [2.05, 4.69) is 22.4 Å². The Hall–Kier alpha value is -0.930. The lowest BCUT2D eigenvalue weighted by Crippen LogP contribution is -2.23. The van der Waals surface area contributed by atoms with Gasteiger partial charge in [0, 0.05) is 18.4 Å². The van der Waals surface area contributed by atoms with Gasteiger partial charge in [0.2, 0.25) is 0 Å². The Bertz CT molecular complexity index is 260. The molecule has 2 heterocycles. The molecule has 0 aliphatic carbocycles. The van der Waals surface area contributed by atoms with Crippen molar-refractivity contribution in [3.8, 4) is 0 Å². The Labute approximate surface area is 78.4 Å². The van der Waals surface area contributed by atoms with Crippen LogP contribution in [-0.4, -0.2) is 18.1 Å². The van der Waals surface area contributed by atoms with Gasteiger partial charge in [0.05, 0.1) is 0 Å². The Kier molecular flexibility index (Phi) is 2.57. The van der Waals surface area contributed by atoms with Crippen LogP contribution in [-0.2, 0) is 0 Å². The second kappa shape index (κ2) is 3.85. The average molecular weight is 177 g/mol. The SMILES string of the molecule is NCC1CCNC1c1ccncc1. The van der Waals surface area contributed by atoms with E-state index in [1.54, 1.807) is 0 Å². The van der Waals surface area contributed by atoms with Crippen molar-refractivity contribution in [1.29, 1.82) is 0 Å². The van der Waals surface area contributed by atoms with E-state index in [0.717, 1.165) is 13.1 Å². The van der Waals surface area contributed by atoms with Crippen molar-refractivity contribution < 1.29 is 0 Å². The van der Waals surface area contributed by atoms with E-state index in [1.165, 1.54) is 12.0 Å². The molecule has 70 valence electrons. The molecule has 1 fully saturated rings. The van der Waals surface area contributed by atoms with E-state index in [4.69, 9.17) is 5.73 Å². The van der Waals surface area contributed by atoms with Crippen molar-refractivity contribution >= 4 is 0 Å². The molecule has 1 aliphatic rings. The van der Waals surface area contributed by atoms with Crippen LogP contribution in [0.4, 0.5) is 0 Å². The topological polar surface area (TPSA) is 50.9 Å². The first-order valence-electron chi connectivity index (χ1n) is 4.75. The normalized spacial score (nSPS) is 27.8. The number of nitrogens with zero attached hydrogens (tertiary/aromatic N) is 1. The number of nitrogens with one attached hydrogen (secondary N) is 1. The van der Waals surface area contributed by atoms with Crippen LogP contribution in [0.3, 0.4) is 0 Å². The molecule has 3 heteroatoms. The van der Waals surface area contributed by atoms with Crippen LogP contribution >= 0.6 is 0 Å². The smallest absolute Gasteiger partial charge is 0.0362 e. The summed E-state index contributed by atoms with van der Waals surface area (Å²) in [5, 5.41) is 3.47. The quantitative estimate of drug-likeness (QED) is 0.699. The van der Waals surface area contributed by atoms with Crippen LogP contribution < -0.4 is 11.1 Å². The summed E-state index contributed by atoms with van der Waals surface area (Å²) in [6, 6.07) is 4.56. The molecule has 0 spiro atoms. The molecule has 3 N–H and O–H groups in total. The zero-order valence-corrected chi connectivity index (χ0v) is 7.61. The summed E-state index contributed by atoms with van der Waals surface area (Å²) in [4.78, 5) is 4.01. The van der Waals surface area contributed by atoms with Gasteiger partial charge in [0.25, 0.3) is 0 Å². The highest BCUT2D eigenvalue weighted by Crippen LogP contribution is 2.27. The van der Waals surface area contributed by atoms with E-state index in [9.17, 15) is 0 Å². The molecule has 0 bridgehead atoms. The van der Waals surface area contributed by atoms with Gasteiger partial charge < -0.3 is 11.1 Å². The molecule has 1 aromatic heterocycles. The van der Waals surface area contributed by atoms with Crippen molar-refractivity contribution in [3.63, 3.8) is 0 Å². The fraction of sp³-hybridized carbons (Fsp3) is 0.500. The third kappa shape index (κ3) is 1.71. The first kappa shape index (κ1) is 8.66. The Morgan fingerprint density at radius 3 is 2.92 bits per heavy atom. The van der Waals surface area contributed by atoms with Gasteiger partial charge in [-0.05, 0) is 43.1 Å². The molecule has 2 unspecified atom stereocenters. The Morgan fingerprint density at radius 2 is 2.23 bits per heavy atom. The van der Waals surface area contributed by atoms with Crippen LogP contribution in [0.1, 0.15) is 18.0 Å². The van der Waals surface area contributed by atoms with Gasteiger partial charge >= 0.3 is 0 Å². The summed E-state index contributed by atoms with van der Waals surface area (Å²) in [6.45, 7) is 1.84. The van der Waals surface area contributed by atoms with Gasteiger partial charge in [0.1, 0.15) is 0 Å². The third-order valence-corrected chi connectivity index (χ3v) is 2.72. The highest BCUT2D eigenvalue weighted by atomic mass is 15.0. The monoisotopic (exact) mass is 177 g/mol. The summed E-state index contributed by atoms with van der Waals surface area (Å²) in [6.07, 6.45) is 4.86. The minimum absolute atomic E-state index is 0.438. The summed E-state index contributed by atoms with van der Waals surface area (Å²) in [7, 11) is 0. The molecule has 3 nitrogen and oxygen atoms in total. The third-order valence-electron chi connectivity index (χ3n) is 2.72. The first-order chi connectivity index (χ1) is 6.42. The highest BCUT2D eigenvalue weighted by Gasteiger charge is 2.26. The van der Waals surface area contributed by atoms with Gasteiger partial charge in [-0.25, -0.2) is 0 Å². The number of pyridine rings is 1. The first-order valence-corrected chi connectivity index (χ1v) is 4.75. The van der Waals surface area contributed by atoms with Gasteiger partial charge in [-0.2, -0.15) is 0 Å². The number of nitrogens with two attached hydrogens (primary N) is 1. The van der Waals surface area contributed by atoms with Crippen molar-refractivity contribution in [2.75, 3.05) is 13.1 Å². The molecule has 1 saturated heterocycles. The summed E-state index contributed by atoms with van der Waals surface area (Å²) >= 11 is 0. The predicted molar refractivity (Wildman–Crippen MR) is 52.1 cm³/mol. The van der Waals surface area contributed by atoms with Crippen molar-refractivity contribution in [1.82, 2.24) is 10.3 Å². The maximum absolute atomic E-state index is 5.71. The minimum atomic E-state index is 0.438. The van der Waals surface area contributed by atoms with E-state index < -0.39 is 0 Å². The lowest BCUT2D eigenvalue weighted by molar-refractivity contribution is 0.472.